The molecule has 0 spiro atoms. The van der Waals surface area contributed by atoms with Gasteiger partial charge < -0.3 is 14.3 Å². The Morgan fingerprint density at radius 3 is 2.63 bits per heavy atom. The Kier molecular flexibility index (Phi) is 6.70. The Balaban J connectivity index is 1.73. The molecular formula is C24H24F2N4O4S. The third-order valence-electron chi connectivity index (χ3n) is 4.68. The summed E-state index contributed by atoms with van der Waals surface area (Å²) in [6.45, 7) is 6.29. The summed E-state index contributed by atoms with van der Waals surface area (Å²) in [5, 5.41) is 1.79. The fraction of sp³-hybridized carbons (Fsp3) is 0.333. The van der Waals surface area contributed by atoms with Crippen molar-refractivity contribution >= 4 is 38.7 Å². The van der Waals surface area contributed by atoms with Crippen molar-refractivity contribution in [2.75, 3.05) is 6.54 Å². The maximum Gasteiger partial charge on any atom is 0.443 e. The van der Waals surface area contributed by atoms with E-state index in [1.165, 1.54) is 11.3 Å². The molecule has 184 valence electrons. The van der Waals surface area contributed by atoms with Crippen LogP contribution in [-0.4, -0.2) is 44.9 Å². The van der Waals surface area contributed by atoms with Gasteiger partial charge in [-0.15, -0.1) is 16.4 Å². The average molecular weight is 503 g/mol. The second-order valence-corrected chi connectivity index (χ2v) is 9.66. The molecule has 2 aromatic carbocycles. The molecule has 0 radical (unpaired) electrons. The molecule has 2 heterocycles. The van der Waals surface area contributed by atoms with Gasteiger partial charge in [-0.05, 0) is 64.4 Å². The van der Waals surface area contributed by atoms with Crippen LogP contribution >= 0.6 is 11.3 Å². The van der Waals surface area contributed by atoms with Crippen molar-refractivity contribution in [3.63, 3.8) is 0 Å². The molecule has 0 aliphatic carbocycles. The van der Waals surface area contributed by atoms with Crippen LogP contribution in [0.4, 0.5) is 13.6 Å². The number of benzene rings is 2. The van der Waals surface area contributed by atoms with E-state index in [2.05, 4.69) is 14.7 Å². The first kappa shape index (κ1) is 24.5. The molecule has 0 aliphatic heterocycles. The van der Waals surface area contributed by atoms with Gasteiger partial charge in [-0.25, -0.2) is 19.7 Å². The van der Waals surface area contributed by atoms with Crippen molar-refractivity contribution in [1.82, 2.24) is 20.0 Å². The second kappa shape index (κ2) is 9.57. The lowest BCUT2D eigenvalue weighted by atomic mass is 10.1. The SMILES string of the molecule is CCN(Oc1cccc2nc(-c3cc(C)cc4nc(OC(F)F)cnc34)sc12)C(=O)OC(C)(C)C. The number of carbonyl (C=O) groups excluding carboxylic acids is 1. The number of halogens is 2. The molecule has 1 amide bonds. The maximum atomic E-state index is 12.6. The van der Waals surface area contributed by atoms with E-state index in [4.69, 9.17) is 14.6 Å². The van der Waals surface area contributed by atoms with E-state index >= 15 is 0 Å². The summed E-state index contributed by atoms with van der Waals surface area (Å²) in [7, 11) is 0. The number of alkyl halides is 2. The number of nitrogens with zero attached hydrogens (tertiary/aromatic N) is 4. The minimum atomic E-state index is -2.99. The smallest absolute Gasteiger partial charge is 0.442 e. The van der Waals surface area contributed by atoms with Gasteiger partial charge in [0.2, 0.25) is 5.88 Å². The van der Waals surface area contributed by atoms with Crippen molar-refractivity contribution in [1.29, 1.82) is 0 Å². The van der Waals surface area contributed by atoms with E-state index in [1.54, 1.807) is 45.9 Å². The molecule has 2 aromatic heterocycles. The van der Waals surface area contributed by atoms with Crippen LogP contribution in [-0.2, 0) is 4.74 Å². The van der Waals surface area contributed by atoms with Gasteiger partial charge in [0.15, 0.2) is 5.75 Å². The summed E-state index contributed by atoms with van der Waals surface area (Å²) < 4.78 is 35.7. The lowest BCUT2D eigenvalue weighted by molar-refractivity contribution is -0.0684. The number of carbonyl (C=O) groups is 1. The number of hydroxylamine groups is 2. The molecule has 35 heavy (non-hydrogen) atoms. The van der Waals surface area contributed by atoms with E-state index < -0.39 is 18.3 Å². The standard InChI is InChI=1S/C24H24F2N4O4S/c1-6-30(23(31)33-24(3,4)5)34-17-9-7-8-15-20(17)35-21(29-15)14-10-13(2)11-16-19(14)27-12-18(28-16)32-22(25)26/h7-12,22H,6H2,1-5H3. The number of aromatic nitrogens is 3. The molecule has 0 bridgehead atoms. The van der Waals surface area contributed by atoms with Crippen molar-refractivity contribution < 1.29 is 27.9 Å². The minimum Gasteiger partial charge on any atom is -0.442 e. The minimum absolute atomic E-state index is 0.258. The van der Waals surface area contributed by atoms with Crippen LogP contribution in [0.5, 0.6) is 11.6 Å². The van der Waals surface area contributed by atoms with E-state index in [0.717, 1.165) is 21.5 Å². The van der Waals surface area contributed by atoms with Crippen LogP contribution in [0.3, 0.4) is 0 Å². The average Bonchev–Trinajstić information content (AvgIpc) is 3.20. The summed E-state index contributed by atoms with van der Waals surface area (Å²) in [6.07, 6.45) is 0.568. The number of hydrogen-bond donors (Lipinski definition) is 0. The molecule has 4 aromatic rings. The Bertz CT molecular complexity index is 1390. The van der Waals surface area contributed by atoms with Gasteiger partial charge in [0.05, 0.1) is 29.3 Å². The largest absolute Gasteiger partial charge is 0.443 e. The van der Waals surface area contributed by atoms with Crippen molar-refractivity contribution in [2.45, 2.75) is 46.8 Å². The van der Waals surface area contributed by atoms with E-state index in [1.807, 2.05) is 19.1 Å². The van der Waals surface area contributed by atoms with E-state index in [0.29, 0.717) is 32.9 Å². The molecule has 0 saturated heterocycles. The summed E-state index contributed by atoms with van der Waals surface area (Å²) >= 11 is 1.36. The predicted molar refractivity (Wildman–Crippen MR) is 129 cm³/mol. The molecule has 0 aliphatic rings. The fourth-order valence-corrected chi connectivity index (χ4v) is 4.36. The van der Waals surface area contributed by atoms with Gasteiger partial charge in [-0.3, -0.25) is 0 Å². The highest BCUT2D eigenvalue weighted by Gasteiger charge is 2.24. The van der Waals surface area contributed by atoms with Gasteiger partial charge in [-0.2, -0.15) is 8.78 Å². The Hall–Kier alpha value is -3.60. The molecule has 0 atom stereocenters. The Morgan fingerprint density at radius 2 is 1.94 bits per heavy atom. The van der Waals surface area contributed by atoms with Gasteiger partial charge in [0.1, 0.15) is 15.3 Å². The first-order valence-corrected chi connectivity index (χ1v) is 11.7. The predicted octanol–water partition coefficient (Wildman–Crippen LogP) is 6.37. The van der Waals surface area contributed by atoms with Crippen LogP contribution < -0.4 is 9.57 Å². The zero-order valence-corrected chi connectivity index (χ0v) is 20.7. The molecule has 8 nitrogen and oxygen atoms in total. The first-order valence-electron chi connectivity index (χ1n) is 10.8. The highest BCUT2D eigenvalue weighted by atomic mass is 32.1. The number of fused-ring (bicyclic) bond motifs is 2. The monoisotopic (exact) mass is 502 g/mol. The highest BCUT2D eigenvalue weighted by molar-refractivity contribution is 7.22. The number of rotatable bonds is 6. The molecule has 11 heteroatoms. The molecule has 0 fully saturated rings. The normalized spacial score (nSPS) is 11.8. The topological polar surface area (TPSA) is 86.7 Å². The molecule has 0 unspecified atom stereocenters. The summed E-state index contributed by atoms with van der Waals surface area (Å²) in [6, 6.07) is 9.02. The third-order valence-corrected chi connectivity index (χ3v) is 5.80. The lowest BCUT2D eigenvalue weighted by Gasteiger charge is -2.26. The lowest BCUT2D eigenvalue weighted by Crippen LogP contribution is -2.38. The van der Waals surface area contributed by atoms with Crippen LogP contribution in [0.15, 0.2) is 36.5 Å². The molecular weight excluding hydrogens is 478 g/mol. The summed E-state index contributed by atoms with van der Waals surface area (Å²) in [4.78, 5) is 31.6. The van der Waals surface area contributed by atoms with E-state index in [-0.39, 0.29) is 12.4 Å². The molecule has 0 saturated carbocycles. The van der Waals surface area contributed by atoms with Crippen LogP contribution in [0.1, 0.15) is 33.3 Å². The third kappa shape index (κ3) is 5.56. The van der Waals surface area contributed by atoms with Crippen LogP contribution in [0.25, 0.3) is 31.8 Å². The van der Waals surface area contributed by atoms with Gasteiger partial charge in [-0.1, -0.05) is 6.07 Å². The van der Waals surface area contributed by atoms with Gasteiger partial charge >= 0.3 is 12.7 Å². The van der Waals surface area contributed by atoms with Gasteiger partial charge in [0.25, 0.3) is 0 Å². The number of ether oxygens (including phenoxy) is 2. The Morgan fingerprint density at radius 1 is 1.17 bits per heavy atom. The summed E-state index contributed by atoms with van der Waals surface area (Å²) in [5.41, 5.74) is 2.48. The zero-order valence-electron chi connectivity index (χ0n) is 19.8. The molecule has 0 N–H and O–H groups in total. The quantitative estimate of drug-likeness (QED) is 0.283. The second-order valence-electron chi connectivity index (χ2n) is 8.66. The summed E-state index contributed by atoms with van der Waals surface area (Å²) in [5.74, 6) is 0.195. The van der Waals surface area contributed by atoms with Crippen molar-refractivity contribution in [3.8, 4) is 22.2 Å². The van der Waals surface area contributed by atoms with Crippen LogP contribution in [0.2, 0.25) is 0 Å². The highest BCUT2D eigenvalue weighted by Crippen LogP contribution is 2.39. The first-order chi connectivity index (χ1) is 16.5. The number of amides is 1. The van der Waals surface area contributed by atoms with Crippen molar-refractivity contribution in [2.24, 2.45) is 0 Å². The van der Waals surface area contributed by atoms with E-state index in [9.17, 15) is 13.6 Å². The number of aryl methyl sites for hydroxylation is 1. The van der Waals surface area contributed by atoms with Gasteiger partial charge in [0, 0.05) is 5.56 Å². The zero-order chi connectivity index (χ0) is 25.3. The molecule has 4 rings (SSSR count). The number of thiazole rings is 1. The maximum absolute atomic E-state index is 12.6. The number of hydrogen-bond acceptors (Lipinski definition) is 8. The Labute approximate surface area is 204 Å². The van der Waals surface area contributed by atoms with Crippen molar-refractivity contribution in [3.05, 3.63) is 42.1 Å². The van der Waals surface area contributed by atoms with Crippen LogP contribution in [0, 0.1) is 6.92 Å². The fourth-order valence-electron chi connectivity index (χ4n) is 3.33.